The largest absolute Gasteiger partial charge is 0.433 e. The number of thiocarbonyl (C=S) groups is 1. The van der Waals surface area contributed by atoms with Crippen molar-refractivity contribution in [3.8, 4) is 0 Å². The number of rotatable bonds is 3. The lowest BCUT2D eigenvalue weighted by Gasteiger charge is -2.30. The van der Waals surface area contributed by atoms with E-state index in [1.165, 1.54) is 6.07 Å². The highest BCUT2D eigenvalue weighted by Gasteiger charge is 2.39. The maximum atomic E-state index is 12.8. The Morgan fingerprint density at radius 1 is 1.52 bits per heavy atom. The zero-order valence-corrected chi connectivity index (χ0v) is 12.4. The van der Waals surface area contributed by atoms with E-state index < -0.39 is 17.4 Å². The predicted molar refractivity (Wildman–Crippen MR) is 77.2 cm³/mol. The number of nitrogens with one attached hydrogen (secondary N) is 1. The monoisotopic (exact) mass is 319 g/mol. The Labute approximate surface area is 125 Å². The van der Waals surface area contributed by atoms with Crippen LogP contribution in [0.3, 0.4) is 0 Å². The topological polar surface area (TPSA) is 60.2 Å². The van der Waals surface area contributed by atoms with Crippen LogP contribution in [0.4, 0.5) is 19.0 Å². The van der Waals surface area contributed by atoms with Crippen molar-refractivity contribution in [2.24, 2.45) is 5.73 Å². The number of aromatic nitrogens is 1. The van der Waals surface area contributed by atoms with Crippen LogP contribution in [0, 0.1) is 0 Å². The first-order chi connectivity index (χ1) is 9.63. The van der Waals surface area contributed by atoms with Gasteiger partial charge in [0.25, 0.3) is 0 Å². The molecule has 3 N–H and O–H groups in total. The van der Waals surface area contributed by atoms with Gasteiger partial charge in [-0.2, -0.15) is 13.2 Å². The van der Waals surface area contributed by atoms with Gasteiger partial charge in [-0.1, -0.05) is 12.2 Å². The van der Waals surface area contributed by atoms with E-state index in [-0.39, 0.29) is 16.9 Å². The Bertz CT molecular complexity index is 564. The molecule has 1 fully saturated rings. The second kappa shape index (κ2) is 5.42. The molecule has 4 nitrogen and oxygen atoms in total. The molecule has 1 aliphatic rings. The number of hydrogen-bond donors (Lipinski definition) is 2. The number of hydrogen-bond acceptors (Lipinski definition) is 4. The molecule has 0 aliphatic carbocycles. The normalized spacial score (nSPS) is 25.9. The smallest absolute Gasteiger partial charge is 0.389 e. The molecule has 116 valence electrons. The SMILES string of the molecule is CC1OCCC1(C)Nc1nc(C(F)(F)F)ccc1C(N)=S. The first kappa shape index (κ1) is 16.0. The number of nitrogens with two attached hydrogens (primary N) is 1. The highest BCUT2D eigenvalue weighted by atomic mass is 32.1. The lowest BCUT2D eigenvalue weighted by atomic mass is 9.94. The molecular formula is C13H16F3N3OS. The van der Waals surface area contributed by atoms with Gasteiger partial charge < -0.3 is 15.8 Å². The molecule has 1 aromatic heterocycles. The molecule has 2 rings (SSSR count). The van der Waals surface area contributed by atoms with Crippen LogP contribution in [0.5, 0.6) is 0 Å². The first-order valence-electron chi connectivity index (χ1n) is 6.41. The van der Waals surface area contributed by atoms with Crippen LogP contribution in [0.15, 0.2) is 12.1 Å². The van der Waals surface area contributed by atoms with Gasteiger partial charge in [0.15, 0.2) is 0 Å². The highest BCUT2D eigenvalue weighted by Crippen LogP contribution is 2.33. The fraction of sp³-hybridized carbons (Fsp3) is 0.538. The Morgan fingerprint density at radius 2 is 2.19 bits per heavy atom. The summed E-state index contributed by atoms with van der Waals surface area (Å²) in [7, 11) is 0. The summed E-state index contributed by atoms with van der Waals surface area (Å²) in [6.07, 6.45) is -4.03. The summed E-state index contributed by atoms with van der Waals surface area (Å²) in [5, 5.41) is 3.03. The minimum atomic E-state index is -4.52. The van der Waals surface area contributed by atoms with Crippen LogP contribution in [-0.2, 0) is 10.9 Å². The van der Waals surface area contributed by atoms with Crippen molar-refractivity contribution in [2.45, 2.75) is 38.1 Å². The van der Waals surface area contributed by atoms with Crippen LogP contribution < -0.4 is 11.1 Å². The molecule has 2 atom stereocenters. The molecule has 0 saturated carbocycles. The molecule has 0 radical (unpaired) electrons. The third-order valence-corrected chi connectivity index (χ3v) is 3.96. The second-order valence-electron chi connectivity index (χ2n) is 5.26. The standard InChI is InChI=1S/C13H16F3N3OS/c1-7-12(2,5-6-20-7)19-11-8(10(17)21)3-4-9(18-11)13(14,15)16/h3-4,7H,5-6H2,1-2H3,(H2,17,21)(H,18,19). The third kappa shape index (κ3) is 3.26. The van der Waals surface area contributed by atoms with Crippen molar-refractivity contribution >= 4 is 23.0 Å². The summed E-state index contributed by atoms with van der Waals surface area (Å²) in [4.78, 5) is 3.64. The maximum absolute atomic E-state index is 12.8. The van der Waals surface area contributed by atoms with Gasteiger partial charge in [-0.05, 0) is 32.4 Å². The fourth-order valence-electron chi connectivity index (χ4n) is 2.18. The maximum Gasteiger partial charge on any atom is 0.433 e. The van der Waals surface area contributed by atoms with Crippen LogP contribution in [0.2, 0.25) is 0 Å². The summed E-state index contributed by atoms with van der Waals surface area (Å²) in [5.41, 5.74) is 4.35. The van der Waals surface area contributed by atoms with Crippen LogP contribution in [-0.4, -0.2) is 28.2 Å². The molecule has 8 heteroatoms. The summed E-state index contributed by atoms with van der Waals surface area (Å²) in [6, 6.07) is 2.11. The molecule has 1 aromatic rings. The van der Waals surface area contributed by atoms with Gasteiger partial charge >= 0.3 is 6.18 Å². The number of ether oxygens (including phenoxy) is 1. The Morgan fingerprint density at radius 3 is 2.67 bits per heavy atom. The van der Waals surface area contributed by atoms with Crippen molar-refractivity contribution in [2.75, 3.05) is 11.9 Å². The average molecular weight is 319 g/mol. The van der Waals surface area contributed by atoms with E-state index in [0.717, 1.165) is 6.07 Å². The Kier molecular flexibility index (Phi) is 4.12. The van der Waals surface area contributed by atoms with Crippen LogP contribution in [0.25, 0.3) is 0 Å². The molecule has 1 aliphatic heterocycles. The van der Waals surface area contributed by atoms with Gasteiger partial charge in [-0.3, -0.25) is 0 Å². The molecule has 2 unspecified atom stereocenters. The van der Waals surface area contributed by atoms with E-state index in [4.69, 9.17) is 22.7 Å². The van der Waals surface area contributed by atoms with E-state index in [0.29, 0.717) is 18.6 Å². The van der Waals surface area contributed by atoms with E-state index in [1.807, 2.05) is 13.8 Å². The number of halogens is 3. The molecule has 0 aromatic carbocycles. The van der Waals surface area contributed by atoms with E-state index >= 15 is 0 Å². The zero-order valence-electron chi connectivity index (χ0n) is 11.6. The van der Waals surface area contributed by atoms with Crippen molar-refractivity contribution < 1.29 is 17.9 Å². The number of nitrogens with zero attached hydrogens (tertiary/aromatic N) is 1. The number of anilines is 1. The second-order valence-corrected chi connectivity index (χ2v) is 5.70. The molecular weight excluding hydrogens is 303 g/mol. The van der Waals surface area contributed by atoms with Gasteiger partial charge in [0.1, 0.15) is 16.5 Å². The summed E-state index contributed by atoms with van der Waals surface area (Å²) in [5.74, 6) is 0.0391. The van der Waals surface area contributed by atoms with Gasteiger partial charge in [0.2, 0.25) is 0 Å². The van der Waals surface area contributed by atoms with Crippen molar-refractivity contribution in [3.05, 3.63) is 23.4 Å². The molecule has 21 heavy (non-hydrogen) atoms. The Hall–Kier alpha value is -1.41. The van der Waals surface area contributed by atoms with E-state index in [2.05, 4.69) is 10.3 Å². The highest BCUT2D eigenvalue weighted by molar-refractivity contribution is 7.80. The van der Waals surface area contributed by atoms with Gasteiger partial charge in [-0.25, -0.2) is 4.98 Å². The minimum absolute atomic E-state index is 0.00565. The van der Waals surface area contributed by atoms with Crippen molar-refractivity contribution in [1.29, 1.82) is 0 Å². The average Bonchev–Trinajstić information content (AvgIpc) is 2.67. The first-order valence-corrected chi connectivity index (χ1v) is 6.82. The van der Waals surface area contributed by atoms with Crippen LogP contribution in [0.1, 0.15) is 31.5 Å². The summed E-state index contributed by atoms with van der Waals surface area (Å²) >= 11 is 4.88. The molecule has 0 spiro atoms. The number of pyridine rings is 1. The molecule has 0 amide bonds. The Balaban J connectivity index is 2.42. The summed E-state index contributed by atoms with van der Waals surface area (Å²) < 4.78 is 43.9. The lowest BCUT2D eigenvalue weighted by molar-refractivity contribution is -0.141. The van der Waals surface area contributed by atoms with Crippen LogP contribution >= 0.6 is 12.2 Å². The fourth-order valence-corrected chi connectivity index (χ4v) is 2.35. The third-order valence-electron chi connectivity index (χ3n) is 3.74. The van der Waals surface area contributed by atoms with Gasteiger partial charge in [0.05, 0.1) is 17.2 Å². The molecule has 2 heterocycles. The van der Waals surface area contributed by atoms with E-state index in [9.17, 15) is 13.2 Å². The quantitative estimate of drug-likeness (QED) is 0.839. The van der Waals surface area contributed by atoms with Crippen molar-refractivity contribution in [3.63, 3.8) is 0 Å². The zero-order chi connectivity index (χ0) is 15.8. The van der Waals surface area contributed by atoms with Gasteiger partial charge in [-0.15, -0.1) is 0 Å². The minimum Gasteiger partial charge on any atom is -0.389 e. The summed E-state index contributed by atoms with van der Waals surface area (Å²) in [6.45, 7) is 4.26. The number of alkyl halides is 3. The lowest BCUT2D eigenvalue weighted by Crippen LogP contribution is -2.42. The molecule has 1 saturated heterocycles. The molecule has 0 bridgehead atoms. The predicted octanol–water partition coefficient (Wildman–Crippen LogP) is 2.71. The van der Waals surface area contributed by atoms with Crippen molar-refractivity contribution in [1.82, 2.24) is 4.98 Å². The van der Waals surface area contributed by atoms with E-state index in [1.54, 1.807) is 0 Å². The van der Waals surface area contributed by atoms with Gasteiger partial charge in [0, 0.05) is 6.61 Å².